The molecule has 1 heterocycles. The molecule has 0 bridgehead atoms. The van der Waals surface area contributed by atoms with E-state index in [1.54, 1.807) is 4.90 Å². The highest BCUT2D eigenvalue weighted by Gasteiger charge is 2.35. The molecule has 1 unspecified atom stereocenters. The average molecular weight is 254 g/mol. The molecule has 104 valence electrons. The predicted molar refractivity (Wildman–Crippen MR) is 73.6 cm³/mol. The second-order valence-electron chi connectivity index (χ2n) is 6.12. The number of piperazine rings is 1. The molecule has 1 N–H and O–H groups in total. The second kappa shape index (κ2) is 5.31. The smallest absolute Gasteiger partial charge is 0.410 e. The third-order valence-corrected chi connectivity index (χ3v) is 3.26. The predicted octanol–water partition coefficient (Wildman–Crippen LogP) is 2.55. The van der Waals surface area contributed by atoms with Crippen molar-refractivity contribution in [2.45, 2.75) is 52.2 Å². The van der Waals surface area contributed by atoms with E-state index in [9.17, 15) is 4.79 Å². The molecule has 1 atom stereocenters. The maximum Gasteiger partial charge on any atom is 0.410 e. The standard InChI is InChI=1S/C14H26N2O2/c1-7-11(2)14(6)10-16(9-8-15-14)12(17)18-13(3,4)5/h15H,2,7-10H2,1,3-6H3. The Bertz CT molecular complexity index is 333. The number of ether oxygens (including phenoxy) is 1. The summed E-state index contributed by atoms with van der Waals surface area (Å²) in [7, 11) is 0. The van der Waals surface area contributed by atoms with E-state index in [1.807, 2.05) is 20.8 Å². The van der Waals surface area contributed by atoms with Crippen LogP contribution in [0.15, 0.2) is 12.2 Å². The quantitative estimate of drug-likeness (QED) is 0.770. The largest absolute Gasteiger partial charge is 0.444 e. The number of hydrogen-bond donors (Lipinski definition) is 1. The van der Waals surface area contributed by atoms with Crippen LogP contribution in [0.3, 0.4) is 0 Å². The van der Waals surface area contributed by atoms with Gasteiger partial charge >= 0.3 is 6.09 Å². The van der Waals surface area contributed by atoms with Crippen molar-refractivity contribution >= 4 is 6.09 Å². The lowest BCUT2D eigenvalue weighted by molar-refractivity contribution is 0.0159. The minimum absolute atomic E-state index is 0.204. The Labute approximate surface area is 110 Å². The molecule has 0 radical (unpaired) electrons. The van der Waals surface area contributed by atoms with E-state index in [0.717, 1.165) is 18.5 Å². The zero-order valence-corrected chi connectivity index (χ0v) is 12.3. The molecule has 0 spiro atoms. The molecule has 4 heteroatoms. The number of carbonyl (C=O) groups excluding carboxylic acids is 1. The van der Waals surface area contributed by atoms with Crippen molar-refractivity contribution in [3.8, 4) is 0 Å². The highest BCUT2D eigenvalue weighted by Crippen LogP contribution is 2.23. The van der Waals surface area contributed by atoms with Gasteiger partial charge in [0.25, 0.3) is 0 Å². The monoisotopic (exact) mass is 254 g/mol. The Morgan fingerprint density at radius 1 is 1.50 bits per heavy atom. The zero-order valence-electron chi connectivity index (χ0n) is 12.3. The van der Waals surface area contributed by atoms with Gasteiger partial charge in [-0.25, -0.2) is 4.79 Å². The lowest BCUT2D eigenvalue weighted by Crippen LogP contribution is -2.61. The molecule has 1 aliphatic rings. The fourth-order valence-corrected chi connectivity index (χ4v) is 2.09. The van der Waals surface area contributed by atoms with Gasteiger partial charge in [-0.2, -0.15) is 0 Å². The lowest BCUT2D eigenvalue weighted by Gasteiger charge is -2.42. The molecule has 18 heavy (non-hydrogen) atoms. The summed E-state index contributed by atoms with van der Waals surface area (Å²) in [6.07, 6.45) is 0.671. The van der Waals surface area contributed by atoms with Crippen LogP contribution in [0.4, 0.5) is 4.79 Å². The van der Waals surface area contributed by atoms with Crippen LogP contribution in [0.5, 0.6) is 0 Å². The highest BCUT2D eigenvalue weighted by molar-refractivity contribution is 5.68. The van der Waals surface area contributed by atoms with Crippen LogP contribution in [-0.4, -0.2) is 41.8 Å². The van der Waals surface area contributed by atoms with Crippen LogP contribution in [0.1, 0.15) is 41.0 Å². The van der Waals surface area contributed by atoms with E-state index in [0.29, 0.717) is 13.1 Å². The van der Waals surface area contributed by atoms with Gasteiger partial charge in [0.15, 0.2) is 0 Å². The number of nitrogens with one attached hydrogen (secondary N) is 1. The summed E-state index contributed by atoms with van der Waals surface area (Å²) in [4.78, 5) is 13.8. The maximum atomic E-state index is 12.1. The average Bonchev–Trinajstić information content (AvgIpc) is 2.25. The zero-order chi connectivity index (χ0) is 14.0. The molecular formula is C14H26N2O2. The lowest BCUT2D eigenvalue weighted by atomic mass is 9.89. The topological polar surface area (TPSA) is 41.6 Å². The summed E-state index contributed by atoms with van der Waals surface area (Å²) < 4.78 is 5.41. The van der Waals surface area contributed by atoms with Crippen LogP contribution < -0.4 is 5.32 Å². The second-order valence-corrected chi connectivity index (χ2v) is 6.12. The van der Waals surface area contributed by atoms with Crippen molar-refractivity contribution in [2.24, 2.45) is 0 Å². The molecule has 0 aromatic carbocycles. The van der Waals surface area contributed by atoms with Gasteiger partial charge in [-0.3, -0.25) is 0 Å². The van der Waals surface area contributed by atoms with Crippen LogP contribution >= 0.6 is 0 Å². The van der Waals surface area contributed by atoms with Crippen molar-refractivity contribution in [2.75, 3.05) is 19.6 Å². The highest BCUT2D eigenvalue weighted by atomic mass is 16.6. The van der Waals surface area contributed by atoms with Crippen molar-refractivity contribution in [1.29, 1.82) is 0 Å². The summed E-state index contributed by atoms with van der Waals surface area (Å²) in [5.41, 5.74) is 0.472. The number of rotatable bonds is 2. The molecule has 1 aliphatic heterocycles. The van der Waals surface area contributed by atoms with Gasteiger partial charge in [0.05, 0.1) is 5.54 Å². The Balaban J connectivity index is 2.69. The molecule has 0 aromatic rings. The number of carbonyl (C=O) groups is 1. The van der Waals surface area contributed by atoms with E-state index in [2.05, 4.69) is 25.7 Å². The Morgan fingerprint density at radius 2 is 2.11 bits per heavy atom. The van der Waals surface area contributed by atoms with E-state index in [-0.39, 0.29) is 11.6 Å². The molecule has 1 fully saturated rings. The fraction of sp³-hybridized carbons (Fsp3) is 0.786. The van der Waals surface area contributed by atoms with Crippen molar-refractivity contribution in [3.63, 3.8) is 0 Å². The molecule has 4 nitrogen and oxygen atoms in total. The van der Waals surface area contributed by atoms with Gasteiger partial charge in [0, 0.05) is 19.6 Å². The van der Waals surface area contributed by atoms with Crippen LogP contribution in [0.2, 0.25) is 0 Å². The van der Waals surface area contributed by atoms with Gasteiger partial charge in [-0.05, 0) is 34.1 Å². The SMILES string of the molecule is C=C(CC)C1(C)CN(C(=O)OC(C)(C)C)CCN1. The van der Waals surface area contributed by atoms with Gasteiger partial charge in [-0.15, -0.1) is 0 Å². The van der Waals surface area contributed by atoms with Crippen LogP contribution in [0, 0.1) is 0 Å². The molecule has 0 aliphatic carbocycles. The third kappa shape index (κ3) is 3.73. The van der Waals surface area contributed by atoms with E-state index in [1.165, 1.54) is 0 Å². The summed E-state index contributed by atoms with van der Waals surface area (Å²) in [6.45, 7) is 16.0. The first kappa shape index (κ1) is 15.0. The maximum absolute atomic E-state index is 12.1. The van der Waals surface area contributed by atoms with E-state index in [4.69, 9.17) is 4.74 Å². The van der Waals surface area contributed by atoms with Gasteiger partial charge in [-0.1, -0.05) is 19.1 Å². The van der Waals surface area contributed by atoms with Gasteiger partial charge < -0.3 is 15.0 Å². The van der Waals surface area contributed by atoms with Crippen LogP contribution in [-0.2, 0) is 4.74 Å². The molecule has 0 saturated carbocycles. The van der Waals surface area contributed by atoms with Crippen molar-refractivity contribution in [1.82, 2.24) is 10.2 Å². The first-order valence-corrected chi connectivity index (χ1v) is 6.59. The van der Waals surface area contributed by atoms with E-state index < -0.39 is 5.60 Å². The summed E-state index contributed by atoms with van der Waals surface area (Å²) in [5, 5.41) is 3.44. The number of amides is 1. The minimum atomic E-state index is -0.444. The minimum Gasteiger partial charge on any atom is -0.444 e. The van der Waals surface area contributed by atoms with Crippen molar-refractivity contribution < 1.29 is 9.53 Å². The van der Waals surface area contributed by atoms with Crippen molar-refractivity contribution in [3.05, 3.63) is 12.2 Å². The van der Waals surface area contributed by atoms with E-state index >= 15 is 0 Å². The Kier molecular flexibility index (Phi) is 4.43. The molecule has 0 aromatic heterocycles. The molecule has 1 saturated heterocycles. The van der Waals surface area contributed by atoms with Gasteiger partial charge in [0.2, 0.25) is 0 Å². The summed E-state index contributed by atoms with van der Waals surface area (Å²) in [6, 6.07) is 0. The summed E-state index contributed by atoms with van der Waals surface area (Å²) >= 11 is 0. The molecule has 1 amide bonds. The Hall–Kier alpha value is -1.03. The van der Waals surface area contributed by atoms with Gasteiger partial charge in [0.1, 0.15) is 5.60 Å². The first-order chi connectivity index (χ1) is 8.18. The fourth-order valence-electron chi connectivity index (χ4n) is 2.09. The molecule has 1 rings (SSSR count). The Morgan fingerprint density at radius 3 is 2.61 bits per heavy atom. The first-order valence-electron chi connectivity index (χ1n) is 6.59. The third-order valence-electron chi connectivity index (χ3n) is 3.26. The summed E-state index contributed by atoms with van der Waals surface area (Å²) in [5.74, 6) is 0. The van der Waals surface area contributed by atoms with Crippen LogP contribution in [0.25, 0.3) is 0 Å². The normalized spacial score (nSPS) is 24.8. The number of nitrogens with zero attached hydrogens (tertiary/aromatic N) is 1. The molecular weight excluding hydrogens is 228 g/mol. The number of hydrogen-bond acceptors (Lipinski definition) is 3.